The first-order chi connectivity index (χ1) is 12.5. The van der Waals surface area contributed by atoms with Crippen LogP contribution in [0.4, 0.5) is 10.1 Å². The lowest BCUT2D eigenvalue weighted by Crippen LogP contribution is -2.15. The number of carbonyl (C=O) groups is 1. The Balaban J connectivity index is 1.51. The van der Waals surface area contributed by atoms with Crippen molar-refractivity contribution < 1.29 is 13.6 Å². The van der Waals surface area contributed by atoms with Crippen LogP contribution in [0.1, 0.15) is 11.3 Å². The molecule has 1 aromatic heterocycles. The molecule has 1 heterocycles. The zero-order valence-corrected chi connectivity index (χ0v) is 15.5. The summed E-state index contributed by atoms with van der Waals surface area (Å²) in [6.07, 6.45) is 1.57. The average Bonchev–Trinajstić information content (AvgIpc) is 3.08. The molecule has 0 aliphatic rings. The van der Waals surface area contributed by atoms with Crippen molar-refractivity contribution in [1.82, 2.24) is 4.98 Å². The van der Waals surface area contributed by atoms with Crippen LogP contribution in [0.5, 0.6) is 0 Å². The summed E-state index contributed by atoms with van der Waals surface area (Å²) in [5.41, 5.74) is 2.88. The first-order valence-electron chi connectivity index (χ1n) is 7.85. The topological polar surface area (TPSA) is 55.1 Å². The van der Waals surface area contributed by atoms with Crippen LogP contribution in [-0.4, -0.2) is 16.6 Å². The molecule has 0 aliphatic heterocycles. The Bertz CT molecular complexity index is 912. The summed E-state index contributed by atoms with van der Waals surface area (Å²) in [6, 6.07) is 11.5. The summed E-state index contributed by atoms with van der Waals surface area (Å²) in [4.78, 5) is 16.4. The van der Waals surface area contributed by atoms with Crippen molar-refractivity contribution in [2.45, 2.75) is 12.7 Å². The van der Waals surface area contributed by atoms with Crippen molar-refractivity contribution in [1.29, 1.82) is 0 Å². The fraction of sp³-hybridized carbons (Fsp3) is 0.158. The van der Waals surface area contributed by atoms with E-state index in [1.54, 1.807) is 24.5 Å². The second-order valence-electron chi connectivity index (χ2n) is 5.65. The van der Waals surface area contributed by atoms with Gasteiger partial charge in [-0.25, -0.2) is 9.37 Å². The maximum Gasteiger partial charge on any atom is 0.234 e. The lowest BCUT2D eigenvalue weighted by atomic mass is 10.2. The molecule has 0 unspecified atom stereocenters. The number of anilines is 1. The quantitative estimate of drug-likeness (QED) is 0.619. The molecule has 0 fully saturated rings. The molecule has 1 N–H and O–H groups in total. The van der Waals surface area contributed by atoms with Gasteiger partial charge < -0.3 is 9.73 Å². The normalized spacial score (nSPS) is 10.7. The van der Waals surface area contributed by atoms with Crippen LogP contribution < -0.4 is 5.32 Å². The van der Waals surface area contributed by atoms with E-state index in [2.05, 4.69) is 10.3 Å². The van der Waals surface area contributed by atoms with Crippen molar-refractivity contribution >= 4 is 35.0 Å². The number of amides is 1. The molecule has 2 aromatic carbocycles. The SMILES string of the molecule is Cc1ccc(F)cc1NC(=O)CSCc1coc(-c2ccc(Cl)cc2)n1. The molecule has 0 bridgehead atoms. The van der Waals surface area contributed by atoms with Gasteiger partial charge in [0.2, 0.25) is 11.8 Å². The number of benzene rings is 2. The maximum atomic E-state index is 13.3. The lowest BCUT2D eigenvalue weighted by molar-refractivity contribution is -0.113. The zero-order valence-electron chi connectivity index (χ0n) is 14.0. The van der Waals surface area contributed by atoms with Crippen LogP contribution in [0, 0.1) is 12.7 Å². The molecule has 0 spiro atoms. The van der Waals surface area contributed by atoms with Gasteiger partial charge in [0.15, 0.2) is 0 Å². The molecule has 0 saturated carbocycles. The van der Waals surface area contributed by atoms with E-state index >= 15 is 0 Å². The number of hydrogen-bond acceptors (Lipinski definition) is 4. The number of rotatable bonds is 6. The van der Waals surface area contributed by atoms with E-state index in [0.717, 1.165) is 16.8 Å². The fourth-order valence-electron chi connectivity index (χ4n) is 2.26. The molecule has 3 rings (SSSR count). The Hall–Kier alpha value is -2.31. The highest BCUT2D eigenvalue weighted by molar-refractivity contribution is 7.99. The van der Waals surface area contributed by atoms with E-state index in [-0.39, 0.29) is 17.5 Å². The van der Waals surface area contributed by atoms with Gasteiger partial charge in [-0.3, -0.25) is 4.79 Å². The smallest absolute Gasteiger partial charge is 0.234 e. The Morgan fingerprint density at radius 3 is 2.81 bits per heavy atom. The van der Waals surface area contributed by atoms with Crippen molar-refractivity contribution in [3.63, 3.8) is 0 Å². The first-order valence-corrected chi connectivity index (χ1v) is 9.38. The van der Waals surface area contributed by atoms with Gasteiger partial charge in [0.25, 0.3) is 0 Å². The molecular weight excluding hydrogens is 375 g/mol. The monoisotopic (exact) mass is 390 g/mol. The van der Waals surface area contributed by atoms with Gasteiger partial charge in [0.05, 0.1) is 11.4 Å². The predicted octanol–water partition coefficient (Wildman–Crippen LogP) is 5.31. The molecule has 0 aliphatic carbocycles. The minimum absolute atomic E-state index is 0.190. The molecule has 26 heavy (non-hydrogen) atoms. The number of aromatic nitrogens is 1. The molecule has 0 saturated heterocycles. The van der Waals surface area contributed by atoms with Gasteiger partial charge in [0.1, 0.15) is 12.1 Å². The molecule has 134 valence electrons. The van der Waals surface area contributed by atoms with E-state index in [9.17, 15) is 9.18 Å². The highest BCUT2D eigenvalue weighted by atomic mass is 35.5. The number of nitrogens with zero attached hydrogens (tertiary/aromatic N) is 1. The highest BCUT2D eigenvalue weighted by Gasteiger charge is 2.09. The van der Waals surface area contributed by atoms with E-state index < -0.39 is 0 Å². The summed E-state index contributed by atoms with van der Waals surface area (Å²) in [7, 11) is 0. The zero-order chi connectivity index (χ0) is 18.5. The summed E-state index contributed by atoms with van der Waals surface area (Å²) in [5.74, 6) is 0.712. The molecule has 4 nitrogen and oxygen atoms in total. The summed E-state index contributed by atoms with van der Waals surface area (Å²) in [6.45, 7) is 1.82. The third-order valence-electron chi connectivity index (χ3n) is 3.60. The Morgan fingerprint density at radius 2 is 2.04 bits per heavy atom. The van der Waals surface area contributed by atoms with Crippen molar-refractivity contribution in [3.8, 4) is 11.5 Å². The minimum Gasteiger partial charge on any atom is -0.444 e. The first kappa shape index (κ1) is 18.5. The standard InChI is InChI=1S/C19H16ClFN2O2S/c1-12-2-7-15(21)8-17(12)23-18(24)11-26-10-16-9-25-19(22-16)13-3-5-14(20)6-4-13/h2-9H,10-11H2,1H3,(H,23,24). The highest BCUT2D eigenvalue weighted by Crippen LogP contribution is 2.23. The van der Waals surface area contributed by atoms with Crippen molar-refractivity contribution in [2.75, 3.05) is 11.1 Å². The lowest BCUT2D eigenvalue weighted by Gasteiger charge is -2.08. The molecule has 0 radical (unpaired) electrons. The molecule has 1 amide bonds. The van der Waals surface area contributed by atoms with Gasteiger partial charge in [-0.05, 0) is 48.9 Å². The number of thioether (sulfide) groups is 1. The van der Waals surface area contributed by atoms with Crippen molar-refractivity contribution in [3.05, 3.63) is 70.8 Å². The third-order valence-corrected chi connectivity index (χ3v) is 4.82. The van der Waals surface area contributed by atoms with Crippen LogP contribution in [0.25, 0.3) is 11.5 Å². The third kappa shape index (κ3) is 4.86. The summed E-state index contributed by atoms with van der Waals surface area (Å²) >= 11 is 7.27. The number of hydrogen-bond donors (Lipinski definition) is 1. The Kier molecular flexibility index (Phi) is 5.96. The maximum absolute atomic E-state index is 13.3. The second-order valence-corrected chi connectivity index (χ2v) is 7.07. The van der Waals surface area contributed by atoms with E-state index in [1.165, 1.54) is 23.9 Å². The van der Waals surface area contributed by atoms with Crippen LogP contribution >= 0.6 is 23.4 Å². The molecular formula is C19H16ClFN2O2S. The van der Waals surface area contributed by atoms with Gasteiger partial charge in [-0.1, -0.05) is 17.7 Å². The van der Waals surface area contributed by atoms with E-state index in [0.29, 0.717) is 22.4 Å². The van der Waals surface area contributed by atoms with Crippen LogP contribution in [0.2, 0.25) is 5.02 Å². The number of nitrogens with one attached hydrogen (secondary N) is 1. The van der Waals surface area contributed by atoms with Crippen LogP contribution in [-0.2, 0) is 10.5 Å². The number of carbonyl (C=O) groups excluding carboxylic acids is 1. The van der Waals surface area contributed by atoms with E-state index in [4.69, 9.17) is 16.0 Å². The van der Waals surface area contributed by atoms with Gasteiger partial charge in [-0.2, -0.15) is 0 Å². The average molecular weight is 391 g/mol. The van der Waals surface area contributed by atoms with Crippen LogP contribution in [0.15, 0.2) is 53.1 Å². The van der Waals surface area contributed by atoms with Crippen molar-refractivity contribution in [2.24, 2.45) is 0 Å². The number of aryl methyl sites for hydroxylation is 1. The fourth-order valence-corrected chi connectivity index (χ4v) is 3.09. The summed E-state index contributed by atoms with van der Waals surface area (Å²) < 4.78 is 18.7. The minimum atomic E-state index is -0.379. The van der Waals surface area contributed by atoms with Crippen LogP contribution in [0.3, 0.4) is 0 Å². The van der Waals surface area contributed by atoms with Gasteiger partial charge in [-0.15, -0.1) is 11.8 Å². The van der Waals surface area contributed by atoms with Gasteiger partial charge >= 0.3 is 0 Å². The summed E-state index contributed by atoms with van der Waals surface area (Å²) in [5, 5.41) is 3.37. The predicted molar refractivity (Wildman–Crippen MR) is 103 cm³/mol. The molecule has 3 aromatic rings. The van der Waals surface area contributed by atoms with Gasteiger partial charge in [0, 0.05) is 22.0 Å². The number of halogens is 2. The Morgan fingerprint density at radius 1 is 1.27 bits per heavy atom. The second kappa shape index (κ2) is 8.38. The number of oxazole rings is 1. The molecule has 7 heteroatoms. The van der Waals surface area contributed by atoms with E-state index in [1.807, 2.05) is 19.1 Å². The largest absolute Gasteiger partial charge is 0.444 e. The Labute approximate surface area is 159 Å². The molecule has 0 atom stereocenters.